The summed E-state index contributed by atoms with van der Waals surface area (Å²) >= 11 is 0. The van der Waals surface area contributed by atoms with Gasteiger partial charge in [0, 0.05) is 29.1 Å². The molecule has 34 heavy (non-hydrogen) atoms. The number of hydrogen-bond donors (Lipinski definition) is 1. The Balaban J connectivity index is 1.88. The Bertz CT molecular complexity index is 1180. The Hall–Kier alpha value is -3.94. The second kappa shape index (κ2) is 9.51. The molecule has 0 saturated heterocycles. The standard InChI is InChI=1S/C26H26N2O6/c1-14-20(25(30)33-3)22(18-7-5-6-12-27-18)23-19(28-14)13-17(21(24(23)29)26(31)34-4)15-8-10-16(32-2)11-9-15/h5-12,17,21-22,28H,13H2,1-4H3/t17-,21+,22+/m1/s1. The molecule has 0 unspecified atom stereocenters. The molecule has 2 heterocycles. The average Bonchev–Trinajstić information content (AvgIpc) is 2.87. The molecule has 1 aromatic heterocycles. The van der Waals surface area contributed by atoms with Gasteiger partial charge in [-0.1, -0.05) is 18.2 Å². The van der Waals surface area contributed by atoms with Crippen molar-refractivity contribution in [3.05, 3.63) is 82.5 Å². The Morgan fingerprint density at radius 3 is 2.35 bits per heavy atom. The number of benzene rings is 1. The van der Waals surface area contributed by atoms with E-state index in [9.17, 15) is 14.4 Å². The predicted molar refractivity (Wildman–Crippen MR) is 123 cm³/mol. The fraction of sp³-hybridized carbons (Fsp3) is 0.308. The number of allylic oxidation sites excluding steroid dienone is 3. The predicted octanol–water partition coefficient (Wildman–Crippen LogP) is 3.02. The number of hydrogen-bond acceptors (Lipinski definition) is 8. The summed E-state index contributed by atoms with van der Waals surface area (Å²) in [6.07, 6.45) is 1.98. The van der Waals surface area contributed by atoms with E-state index in [1.165, 1.54) is 14.2 Å². The van der Waals surface area contributed by atoms with E-state index >= 15 is 0 Å². The molecule has 2 aromatic rings. The van der Waals surface area contributed by atoms with Gasteiger partial charge in [0.2, 0.25) is 0 Å². The molecule has 1 aliphatic heterocycles. The van der Waals surface area contributed by atoms with Crippen molar-refractivity contribution in [1.82, 2.24) is 10.3 Å². The number of pyridine rings is 1. The Morgan fingerprint density at radius 1 is 1.03 bits per heavy atom. The molecule has 8 heteroatoms. The maximum atomic E-state index is 14.0. The summed E-state index contributed by atoms with van der Waals surface area (Å²) in [5, 5.41) is 3.25. The number of nitrogens with one attached hydrogen (secondary N) is 1. The minimum atomic E-state index is -1.07. The van der Waals surface area contributed by atoms with E-state index in [1.54, 1.807) is 50.6 Å². The third-order valence-corrected chi connectivity index (χ3v) is 6.41. The van der Waals surface area contributed by atoms with Gasteiger partial charge in [0.15, 0.2) is 5.78 Å². The maximum absolute atomic E-state index is 14.0. The molecule has 0 saturated carbocycles. The van der Waals surface area contributed by atoms with Crippen LogP contribution >= 0.6 is 0 Å². The lowest BCUT2D eigenvalue weighted by Gasteiger charge is -2.39. The SMILES string of the molecule is COC(=O)C1=C(C)NC2=C(C(=O)[C@@H](C(=O)OC)[C@@H](c3ccc(OC)cc3)C2)[C@H]1c1ccccn1. The van der Waals surface area contributed by atoms with Gasteiger partial charge < -0.3 is 19.5 Å². The molecular weight excluding hydrogens is 436 g/mol. The Morgan fingerprint density at radius 2 is 1.76 bits per heavy atom. The van der Waals surface area contributed by atoms with Crippen molar-refractivity contribution in [2.24, 2.45) is 5.92 Å². The van der Waals surface area contributed by atoms with Crippen molar-refractivity contribution in [2.75, 3.05) is 21.3 Å². The van der Waals surface area contributed by atoms with E-state index in [1.807, 2.05) is 12.1 Å². The van der Waals surface area contributed by atoms with E-state index in [2.05, 4.69) is 10.3 Å². The van der Waals surface area contributed by atoms with Crippen LogP contribution in [0, 0.1) is 5.92 Å². The van der Waals surface area contributed by atoms with Crippen LogP contribution in [-0.2, 0) is 23.9 Å². The van der Waals surface area contributed by atoms with Gasteiger partial charge in [-0.25, -0.2) is 4.79 Å². The first kappa shape index (κ1) is 23.2. The molecule has 1 aromatic carbocycles. The van der Waals surface area contributed by atoms with Crippen LogP contribution in [0.25, 0.3) is 0 Å². The number of dihydropyridines is 1. The first-order chi connectivity index (χ1) is 16.4. The van der Waals surface area contributed by atoms with Crippen LogP contribution in [0.5, 0.6) is 5.75 Å². The largest absolute Gasteiger partial charge is 0.497 e. The van der Waals surface area contributed by atoms with Crippen LogP contribution in [0.3, 0.4) is 0 Å². The molecule has 8 nitrogen and oxygen atoms in total. The van der Waals surface area contributed by atoms with E-state index in [0.29, 0.717) is 40.4 Å². The van der Waals surface area contributed by atoms with E-state index in [0.717, 1.165) is 5.56 Å². The zero-order valence-electron chi connectivity index (χ0n) is 19.5. The summed E-state index contributed by atoms with van der Waals surface area (Å²) in [5.41, 5.74) is 3.21. The number of rotatable bonds is 5. The summed E-state index contributed by atoms with van der Waals surface area (Å²) in [7, 11) is 4.14. The van der Waals surface area contributed by atoms with Gasteiger partial charge in [-0.3, -0.25) is 14.6 Å². The van der Waals surface area contributed by atoms with Crippen LogP contribution < -0.4 is 10.1 Å². The molecule has 0 fully saturated rings. The van der Waals surface area contributed by atoms with E-state index in [4.69, 9.17) is 14.2 Å². The minimum absolute atomic E-state index is 0.291. The van der Waals surface area contributed by atoms with Crippen LogP contribution in [0.15, 0.2) is 71.2 Å². The molecule has 3 atom stereocenters. The Kier molecular flexibility index (Phi) is 6.49. The fourth-order valence-electron chi connectivity index (χ4n) is 4.82. The second-order valence-corrected chi connectivity index (χ2v) is 8.18. The number of nitrogens with zero attached hydrogens (tertiary/aromatic N) is 1. The number of carbonyl (C=O) groups excluding carboxylic acids is 3. The van der Waals surface area contributed by atoms with Gasteiger partial charge in [0.1, 0.15) is 11.7 Å². The molecule has 1 aliphatic carbocycles. The number of ketones is 1. The molecule has 0 bridgehead atoms. The summed E-state index contributed by atoms with van der Waals surface area (Å²) < 4.78 is 15.3. The quantitative estimate of drug-likeness (QED) is 0.534. The van der Waals surface area contributed by atoms with Crippen molar-refractivity contribution in [3.8, 4) is 5.75 Å². The maximum Gasteiger partial charge on any atom is 0.336 e. The third-order valence-electron chi connectivity index (χ3n) is 6.41. The number of ether oxygens (including phenoxy) is 3. The van der Waals surface area contributed by atoms with Crippen molar-refractivity contribution in [3.63, 3.8) is 0 Å². The lowest BCUT2D eigenvalue weighted by Crippen LogP contribution is -2.43. The summed E-state index contributed by atoms with van der Waals surface area (Å²) in [6.45, 7) is 1.77. The Labute approximate surface area is 197 Å². The highest BCUT2D eigenvalue weighted by Crippen LogP contribution is 2.47. The molecule has 1 N–H and O–H groups in total. The highest BCUT2D eigenvalue weighted by atomic mass is 16.5. The van der Waals surface area contributed by atoms with Crippen molar-refractivity contribution in [2.45, 2.75) is 25.2 Å². The van der Waals surface area contributed by atoms with Gasteiger partial charge in [0.05, 0.1) is 38.5 Å². The zero-order valence-corrected chi connectivity index (χ0v) is 19.5. The number of methoxy groups -OCH3 is 3. The number of Topliss-reactive ketones (excluding diaryl/α,β-unsaturated/α-hetero) is 1. The first-order valence-corrected chi connectivity index (χ1v) is 10.9. The molecule has 0 amide bonds. The highest BCUT2D eigenvalue weighted by molar-refractivity contribution is 6.13. The molecule has 0 radical (unpaired) electrons. The molecule has 4 rings (SSSR count). The van der Waals surface area contributed by atoms with Gasteiger partial charge in [-0.05, 0) is 43.2 Å². The van der Waals surface area contributed by atoms with Crippen LogP contribution in [0.4, 0.5) is 0 Å². The molecular formula is C26H26N2O6. The van der Waals surface area contributed by atoms with Gasteiger partial charge in [-0.2, -0.15) is 0 Å². The van der Waals surface area contributed by atoms with Crippen LogP contribution in [0.1, 0.15) is 36.4 Å². The molecule has 176 valence electrons. The lowest BCUT2D eigenvalue weighted by atomic mass is 9.67. The monoisotopic (exact) mass is 462 g/mol. The van der Waals surface area contributed by atoms with Crippen molar-refractivity contribution >= 4 is 17.7 Å². The normalized spacial score (nSPS) is 22.0. The van der Waals surface area contributed by atoms with Gasteiger partial charge >= 0.3 is 11.9 Å². The average molecular weight is 463 g/mol. The van der Waals surface area contributed by atoms with Crippen LogP contribution in [0.2, 0.25) is 0 Å². The molecule has 0 spiro atoms. The fourth-order valence-corrected chi connectivity index (χ4v) is 4.82. The number of esters is 2. The van der Waals surface area contributed by atoms with Gasteiger partial charge in [-0.15, -0.1) is 0 Å². The zero-order chi connectivity index (χ0) is 24.4. The second-order valence-electron chi connectivity index (χ2n) is 8.18. The number of carbonyl (C=O) groups is 3. The topological polar surface area (TPSA) is 104 Å². The highest BCUT2D eigenvalue weighted by Gasteiger charge is 2.49. The lowest BCUT2D eigenvalue weighted by molar-refractivity contribution is -0.150. The summed E-state index contributed by atoms with van der Waals surface area (Å²) in [5.74, 6) is -3.19. The summed E-state index contributed by atoms with van der Waals surface area (Å²) in [6, 6.07) is 12.6. The smallest absolute Gasteiger partial charge is 0.336 e. The van der Waals surface area contributed by atoms with E-state index < -0.39 is 35.5 Å². The van der Waals surface area contributed by atoms with Crippen molar-refractivity contribution < 1.29 is 28.6 Å². The number of aromatic nitrogens is 1. The third kappa shape index (κ3) is 3.96. The van der Waals surface area contributed by atoms with Gasteiger partial charge in [0.25, 0.3) is 0 Å². The summed E-state index contributed by atoms with van der Waals surface area (Å²) in [4.78, 5) is 44.1. The van der Waals surface area contributed by atoms with Crippen LogP contribution in [-0.4, -0.2) is 44.0 Å². The minimum Gasteiger partial charge on any atom is -0.497 e. The van der Waals surface area contributed by atoms with E-state index in [-0.39, 0.29) is 0 Å². The first-order valence-electron chi connectivity index (χ1n) is 10.9. The molecule has 2 aliphatic rings. The van der Waals surface area contributed by atoms with Crippen molar-refractivity contribution in [1.29, 1.82) is 0 Å².